The number of nitrogens with one attached hydrogen (secondary N) is 1. The molecule has 204 valence electrons. The van der Waals surface area contributed by atoms with E-state index < -0.39 is 16.1 Å². The number of aryl methyl sites for hydroxylation is 3. The smallest absolute Gasteiger partial charge is 0.243 e. The molecule has 2 amide bonds. The summed E-state index contributed by atoms with van der Waals surface area (Å²) in [5, 5.41) is 3.02. The Morgan fingerprint density at radius 1 is 0.973 bits per heavy atom. The van der Waals surface area contributed by atoms with Gasteiger partial charge in [0.05, 0.1) is 11.9 Å². The minimum atomic E-state index is -3.54. The summed E-state index contributed by atoms with van der Waals surface area (Å²) >= 11 is 0. The highest BCUT2D eigenvalue weighted by atomic mass is 32.2. The summed E-state index contributed by atoms with van der Waals surface area (Å²) in [6.45, 7) is 12.2. The predicted octanol–water partition coefficient (Wildman–Crippen LogP) is 4.88. The third-order valence-corrected chi connectivity index (χ3v) is 7.95. The molecule has 1 N–H and O–H groups in total. The summed E-state index contributed by atoms with van der Waals surface area (Å²) in [4.78, 5) is 28.4. The number of anilines is 1. The molecule has 2 atom stereocenters. The summed E-state index contributed by atoms with van der Waals surface area (Å²) in [7, 11) is -3.54. The zero-order chi connectivity index (χ0) is 27.8. The van der Waals surface area contributed by atoms with Crippen LogP contribution in [0.3, 0.4) is 0 Å². The Morgan fingerprint density at radius 3 is 2.24 bits per heavy atom. The molecule has 0 saturated heterocycles. The van der Waals surface area contributed by atoms with Gasteiger partial charge in [-0.05, 0) is 75.3 Å². The van der Waals surface area contributed by atoms with Gasteiger partial charge in [-0.1, -0.05) is 50.2 Å². The van der Waals surface area contributed by atoms with E-state index in [-0.39, 0.29) is 30.8 Å². The lowest BCUT2D eigenvalue weighted by Crippen LogP contribution is -2.50. The van der Waals surface area contributed by atoms with Crippen LogP contribution in [0.15, 0.2) is 42.5 Å². The standard InChI is InChI=1S/C29H43N3O4S/c1-8-24(6)30-29(34)26(9-2)31(20-25-14-11-10-13-22(25)4)28(33)15-12-18-32(37(7,35)36)27-19-21(3)16-17-23(27)5/h10-11,13-14,16-17,19,24,26H,8-9,12,15,18,20H2,1-7H3,(H,30,34)/t24-,26-/m0/s1. The molecule has 0 saturated carbocycles. The van der Waals surface area contributed by atoms with Crippen LogP contribution in [-0.4, -0.2) is 50.0 Å². The van der Waals surface area contributed by atoms with E-state index in [1.54, 1.807) is 4.90 Å². The monoisotopic (exact) mass is 529 g/mol. The minimum Gasteiger partial charge on any atom is -0.352 e. The van der Waals surface area contributed by atoms with Crippen molar-refractivity contribution < 1.29 is 18.0 Å². The van der Waals surface area contributed by atoms with Crippen LogP contribution in [0.25, 0.3) is 0 Å². The first-order valence-corrected chi connectivity index (χ1v) is 14.9. The van der Waals surface area contributed by atoms with E-state index in [1.807, 2.05) is 84.0 Å². The normalized spacial score (nSPS) is 13.1. The fourth-order valence-corrected chi connectivity index (χ4v) is 5.32. The zero-order valence-electron chi connectivity index (χ0n) is 23.4. The van der Waals surface area contributed by atoms with Gasteiger partial charge in [0.2, 0.25) is 21.8 Å². The topological polar surface area (TPSA) is 86.8 Å². The Kier molecular flexibility index (Phi) is 11.2. The van der Waals surface area contributed by atoms with Crippen molar-refractivity contribution in [3.8, 4) is 0 Å². The van der Waals surface area contributed by atoms with Crippen molar-refractivity contribution in [2.24, 2.45) is 0 Å². The van der Waals surface area contributed by atoms with Crippen LogP contribution < -0.4 is 9.62 Å². The molecule has 0 fully saturated rings. The van der Waals surface area contributed by atoms with Gasteiger partial charge in [0.25, 0.3) is 0 Å². The van der Waals surface area contributed by atoms with Crippen LogP contribution in [0.5, 0.6) is 0 Å². The predicted molar refractivity (Wildman–Crippen MR) is 151 cm³/mol. The molecular formula is C29H43N3O4S. The molecule has 0 aromatic heterocycles. The average molecular weight is 530 g/mol. The van der Waals surface area contributed by atoms with E-state index in [4.69, 9.17) is 0 Å². The van der Waals surface area contributed by atoms with Gasteiger partial charge in [-0.2, -0.15) is 0 Å². The van der Waals surface area contributed by atoms with Crippen molar-refractivity contribution in [1.82, 2.24) is 10.2 Å². The van der Waals surface area contributed by atoms with Crippen molar-refractivity contribution in [3.05, 3.63) is 64.7 Å². The van der Waals surface area contributed by atoms with Crippen molar-refractivity contribution in [2.45, 2.75) is 85.9 Å². The summed E-state index contributed by atoms with van der Waals surface area (Å²) in [5.41, 5.74) is 4.49. The van der Waals surface area contributed by atoms with E-state index in [1.165, 1.54) is 10.6 Å². The second-order valence-electron chi connectivity index (χ2n) is 9.92. The molecule has 2 aromatic carbocycles. The molecule has 0 unspecified atom stereocenters. The fraction of sp³-hybridized carbons (Fsp3) is 0.517. The molecule has 0 spiro atoms. The van der Waals surface area contributed by atoms with Crippen molar-refractivity contribution in [3.63, 3.8) is 0 Å². The quantitative estimate of drug-likeness (QED) is 0.401. The van der Waals surface area contributed by atoms with Crippen LogP contribution in [0.4, 0.5) is 5.69 Å². The van der Waals surface area contributed by atoms with Gasteiger partial charge in [-0.3, -0.25) is 13.9 Å². The lowest BCUT2D eigenvalue weighted by molar-refractivity contribution is -0.141. The molecule has 2 aromatic rings. The molecule has 7 nitrogen and oxygen atoms in total. The minimum absolute atomic E-state index is 0.0119. The first kappa shape index (κ1) is 30.4. The van der Waals surface area contributed by atoms with Gasteiger partial charge >= 0.3 is 0 Å². The van der Waals surface area contributed by atoms with Crippen molar-refractivity contribution in [1.29, 1.82) is 0 Å². The number of rotatable bonds is 13. The molecular weight excluding hydrogens is 486 g/mol. The highest BCUT2D eigenvalue weighted by Crippen LogP contribution is 2.25. The van der Waals surface area contributed by atoms with Gasteiger partial charge in [0, 0.05) is 25.6 Å². The molecule has 0 aliphatic heterocycles. The van der Waals surface area contributed by atoms with E-state index in [0.29, 0.717) is 25.1 Å². The van der Waals surface area contributed by atoms with Crippen LogP contribution in [0.1, 0.15) is 68.7 Å². The number of hydrogen-bond acceptors (Lipinski definition) is 4. The van der Waals surface area contributed by atoms with Gasteiger partial charge < -0.3 is 10.2 Å². The van der Waals surface area contributed by atoms with Gasteiger partial charge in [-0.15, -0.1) is 0 Å². The maximum Gasteiger partial charge on any atom is 0.243 e. The van der Waals surface area contributed by atoms with Crippen LogP contribution in [-0.2, 0) is 26.2 Å². The highest BCUT2D eigenvalue weighted by molar-refractivity contribution is 7.92. The van der Waals surface area contributed by atoms with E-state index in [9.17, 15) is 18.0 Å². The fourth-order valence-electron chi connectivity index (χ4n) is 4.30. The zero-order valence-corrected chi connectivity index (χ0v) is 24.2. The number of carbonyl (C=O) groups is 2. The van der Waals surface area contributed by atoms with E-state index in [2.05, 4.69) is 5.32 Å². The lowest BCUT2D eigenvalue weighted by atomic mass is 10.0. The Hall–Kier alpha value is -2.87. The van der Waals surface area contributed by atoms with Gasteiger partial charge in [0.1, 0.15) is 6.04 Å². The third kappa shape index (κ3) is 8.59. The first-order valence-electron chi connectivity index (χ1n) is 13.1. The Balaban J connectivity index is 2.27. The first-order chi connectivity index (χ1) is 17.4. The Bertz CT molecular complexity index is 1180. The van der Waals surface area contributed by atoms with Crippen LogP contribution >= 0.6 is 0 Å². The summed E-state index contributed by atoms with van der Waals surface area (Å²) in [6.07, 6.45) is 2.95. The molecule has 0 heterocycles. The molecule has 8 heteroatoms. The van der Waals surface area contributed by atoms with Crippen molar-refractivity contribution in [2.75, 3.05) is 17.1 Å². The maximum atomic E-state index is 13.6. The Labute approximate surface area is 223 Å². The lowest BCUT2D eigenvalue weighted by Gasteiger charge is -2.32. The Morgan fingerprint density at radius 2 is 1.65 bits per heavy atom. The van der Waals surface area contributed by atoms with Crippen LogP contribution in [0, 0.1) is 20.8 Å². The summed E-state index contributed by atoms with van der Waals surface area (Å²) in [6, 6.07) is 13.0. The number of benzene rings is 2. The maximum absolute atomic E-state index is 13.6. The molecule has 0 radical (unpaired) electrons. The molecule has 0 bridgehead atoms. The van der Waals surface area contributed by atoms with E-state index in [0.717, 1.165) is 28.7 Å². The summed E-state index contributed by atoms with van der Waals surface area (Å²) < 4.78 is 26.6. The average Bonchev–Trinajstić information content (AvgIpc) is 2.83. The van der Waals surface area contributed by atoms with Gasteiger partial charge in [0.15, 0.2) is 0 Å². The molecule has 37 heavy (non-hydrogen) atoms. The molecule has 0 aliphatic carbocycles. The number of carbonyl (C=O) groups excluding carboxylic acids is 2. The largest absolute Gasteiger partial charge is 0.352 e. The number of nitrogens with zero attached hydrogens (tertiary/aromatic N) is 2. The second kappa shape index (κ2) is 13.6. The third-order valence-electron chi connectivity index (χ3n) is 6.77. The SMILES string of the molecule is CC[C@H](C)NC(=O)[C@H](CC)N(Cc1ccccc1C)C(=O)CCCN(c1cc(C)ccc1C)S(C)(=O)=O. The molecule has 2 rings (SSSR count). The van der Waals surface area contributed by atoms with Crippen molar-refractivity contribution >= 4 is 27.5 Å². The highest BCUT2D eigenvalue weighted by Gasteiger charge is 2.29. The van der Waals surface area contributed by atoms with E-state index >= 15 is 0 Å². The summed E-state index contributed by atoms with van der Waals surface area (Å²) in [5.74, 6) is -0.323. The van der Waals surface area contributed by atoms with Gasteiger partial charge in [-0.25, -0.2) is 8.42 Å². The van der Waals surface area contributed by atoms with Crippen LogP contribution in [0.2, 0.25) is 0 Å². The number of sulfonamides is 1. The number of hydrogen-bond donors (Lipinski definition) is 1. The molecule has 0 aliphatic rings. The number of amides is 2. The second-order valence-corrected chi connectivity index (χ2v) is 11.8.